The predicted molar refractivity (Wildman–Crippen MR) is 112 cm³/mol. The van der Waals surface area contributed by atoms with Crippen LogP contribution < -0.4 is 10.6 Å². The first-order chi connectivity index (χ1) is 14.5. The number of anilines is 1. The van der Waals surface area contributed by atoms with Crippen molar-refractivity contribution < 1.29 is 14.5 Å². The first-order valence-corrected chi connectivity index (χ1v) is 9.92. The zero-order valence-electron chi connectivity index (χ0n) is 16.4. The summed E-state index contributed by atoms with van der Waals surface area (Å²) >= 11 is 0. The highest BCUT2D eigenvalue weighted by atomic mass is 16.6. The number of H-pyrrole nitrogens is 1. The number of ether oxygens (including phenoxy) is 1. The minimum Gasteiger partial charge on any atom is -0.462 e. The van der Waals surface area contributed by atoms with Crippen LogP contribution in [0.4, 0.5) is 11.4 Å². The number of para-hydroxylation sites is 2. The smallest absolute Gasteiger partial charge is 0.340 e. The summed E-state index contributed by atoms with van der Waals surface area (Å²) in [6.07, 6.45) is 2.48. The van der Waals surface area contributed by atoms with Gasteiger partial charge in [0.15, 0.2) is 0 Å². The summed E-state index contributed by atoms with van der Waals surface area (Å²) in [5.74, 6) is -0.591. The Morgan fingerprint density at radius 3 is 2.70 bits per heavy atom. The fraction of sp³-hybridized carbons (Fsp3) is 0.333. The van der Waals surface area contributed by atoms with Gasteiger partial charge in [0.1, 0.15) is 0 Å². The molecule has 0 spiro atoms. The first kappa shape index (κ1) is 19.7. The molecule has 0 radical (unpaired) electrons. The Morgan fingerprint density at radius 2 is 1.93 bits per heavy atom. The van der Waals surface area contributed by atoms with E-state index in [0.717, 1.165) is 37.0 Å². The van der Waals surface area contributed by atoms with Crippen LogP contribution in [-0.2, 0) is 11.3 Å². The van der Waals surface area contributed by atoms with E-state index in [-0.39, 0.29) is 23.5 Å². The highest BCUT2D eigenvalue weighted by Crippen LogP contribution is 2.29. The van der Waals surface area contributed by atoms with Crippen LogP contribution in [0.25, 0.3) is 11.0 Å². The average molecular weight is 410 g/mol. The SMILES string of the molecule is O=C(OCCCn1c(=O)[nH]c2ccccc21)c1cc([N+](=O)[O-])ccc1N1CCCC1. The van der Waals surface area contributed by atoms with Gasteiger partial charge < -0.3 is 14.6 Å². The van der Waals surface area contributed by atoms with Gasteiger partial charge in [-0.2, -0.15) is 0 Å². The number of non-ortho nitro benzene ring substituents is 1. The molecule has 4 rings (SSSR count). The number of benzene rings is 2. The molecule has 0 bridgehead atoms. The molecule has 1 fully saturated rings. The average Bonchev–Trinajstić information content (AvgIpc) is 3.38. The van der Waals surface area contributed by atoms with Crippen molar-refractivity contribution in [3.05, 3.63) is 68.6 Å². The molecule has 0 aliphatic carbocycles. The summed E-state index contributed by atoms with van der Waals surface area (Å²) in [6, 6.07) is 11.7. The van der Waals surface area contributed by atoms with E-state index < -0.39 is 10.9 Å². The summed E-state index contributed by atoms with van der Waals surface area (Å²) in [7, 11) is 0. The number of nitro groups is 1. The van der Waals surface area contributed by atoms with Gasteiger partial charge in [-0.15, -0.1) is 0 Å². The summed E-state index contributed by atoms with van der Waals surface area (Å²) in [6.45, 7) is 2.11. The van der Waals surface area contributed by atoms with Gasteiger partial charge in [0.25, 0.3) is 5.69 Å². The van der Waals surface area contributed by atoms with Crippen molar-refractivity contribution in [2.24, 2.45) is 0 Å². The fourth-order valence-corrected chi connectivity index (χ4v) is 3.83. The van der Waals surface area contributed by atoms with Crippen LogP contribution in [0.2, 0.25) is 0 Å². The van der Waals surface area contributed by atoms with Crippen LogP contribution in [0.3, 0.4) is 0 Å². The Balaban J connectivity index is 1.44. The van der Waals surface area contributed by atoms with Crippen molar-refractivity contribution in [2.45, 2.75) is 25.8 Å². The summed E-state index contributed by atoms with van der Waals surface area (Å²) < 4.78 is 7.00. The highest BCUT2D eigenvalue weighted by Gasteiger charge is 2.23. The van der Waals surface area contributed by atoms with Crippen LogP contribution >= 0.6 is 0 Å². The van der Waals surface area contributed by atoms with Gasteiger partial charge in [-0.1, -0.05) is 12.1 Å². The number of hydrogen-bond acceptors (Lipinski definition) is 6. The van der Waals surface area contributed by atoms with E-state index in [1.807, 2.05) is 29.2 Å². The minimum atomic E-state index is -0.591. The third-order valence-electron chi connectivity index (χ3n) is 5.30. The summed E-state index contributed by atoms with van der Waals surface area (Å²) in [5.41, 5.74) is 2.06. The number of aryl methyl sites for hydroxylation is 1. The Hall–Kier alpha value is -3.62. The highest BCUT2D eigenvalue weighted by molar-refractivity contribution is 5.96. The lowest BCUT2D eigenvalue weighted by atomic mass is 10.1. The van der Waals surface area contributed by atoms with Crippen molar-refractivity contribution in [1.82, 2.24) is 9.55 Å². The molecule has 1 saturated heterocycles. The maximum absolute atomic E-state index is 12.7. The van der Waals surface area contributed by atoms with E-state index in [0.29, 0.717) is 18.7 Å². The number of nitrogens with one attached hydrogen (secondary N) is 1. The van der Waals surface area contributed by atoms with Crippen LogP contribution in [0, 0.1) is 10.1 Å². The van der Waals surface area contributed by atoms with Gasteiger partial charge in [-0.05, 0) is 37.5 Å². The standard InChI is InChI=1S/C21H22N4O5/c26-20(16-14-15(25(28)29)8-9-18(16)23-10-3-4-11-23)30-13-5-12-24-19-7-2-1-6-17(19)22-21(24)27/h1-2,6-9,14H,3-5,10-13H2,(H,22,27). The Morgan fingerprint density at radius 1 is 1.17 bits per heavy atom. The molecule has 0 unspecified atom stereocenters. The lowest BCUT2D eigenvalue weighted by molar-refractivity contribution is -0.384. The number of carbonyl (C=O) groups excluding carboxylic acids is 1. The molecule has 9 heteroatoms. The molecule has 0 saturated carbocycles. The number of nitro benzene ring substituents is 1. The zero-order chi connectivity index (χ0) is 21.1. The molecule has 1 aliphatic heterocycles. The van der Waals surface area contributed by atoms with Crippen LogP contribution in [0.15, 0.2) is 47.3 Å². The molecule has 2 heterocycles. The summed E-state index contributed by atoms with van der Waals surface area (Å²) in [5, 5.41) is 11.1. The molecule has 2 aromatic carbocycles. The van der Waals surface area contributed by atoms with E-state index in [9.17, 15) is 19.7 Å². The second kappa shape index (κ2) is 8.40. The number of imidazole rings is 1. The van der Waals surface area contributed by atoms with Gasteiger partial charge in [-0.3, -0.25) is 14.7 Å². The van der Waals surface area contributed by atoms with Crippen LogP contribution in [0.5, 0.6) is 0 Å². The van der Waals surface area contributed by atoms with Crippen molar-refractivity contribution in [1.29, 1.82) is 0 Å². The third-order valence-corrected chi connectivity index (χ3v) is 5.30. The topological polar surface area (TPSA) is 110 Å². The van der Waals surface area contributed by atoms with Crippen LogP contribution in [-0.4, -0.2) is 40.1 Å². The minimum absolute atomic E-state index is 0.104. The Labute approximate surface area is 172 Å². The summed E-state index contributed by atoms with van der Waals surface area (Å²) in [4.78, 5) is 40.3. The fourth-order valence-electron chi connectivity index (χ4n) is 3.83. The lowest BCUT2D eigenvalue weighted by Crippen LogP contribution is -2.22. The van der Waals surface area contributed by atoms with Crippen molar-refractivity contribution in [3.8, 4) is 0 Å². The molecule has 156 valence electrons. The van der Waals surface area contributed by atoms with Gasteiger partial charge in [0.2, 0.25) is 0 Å². The number of rotatable bonds is 7. The Bertz CT molecular complexity index is 1140. The number of carbonyl (C=O) groups is 1. The molecule has 0 amide bonds. The quantitative estimate of drug-likeness (QED) is 0.277. The monoisotopic (exact) mass is 410 g/mol. The number of hydrogen-bond donors (Lipinski definition) is 1. The van der Waals surface area contributed by atoms with E-state index in [1.165, 1.54) is 12.1 Å². The number of aromatic amines is 1. The van der Waals surface area contributed by atoms with Gasteiger partial charge in [0, 0.05) is 31.8 Å². The van der Waals surface area contributed by atoms with Crippen molar-refractivity contribution >= 4 is 28.4 Å². The first-order valence-electron chi connectivity index (χ1n) is 9.92. The second-order valence-electron chi connectivity index (χ2n) is 7.24. The van der Waals surface area contributed by atoms with Gasteiger partial charge in [-0.25, -0.2) is 9.59 Å². The molecule has 30 heavy (non-hydrogen) atoms. The van der Waals surface area contributed by atoms with E-state index in [1.54, 1.807) is 10.6 Å². The molecule has 9 nitrogen and oxygen atoms in total. The predicted octanol–water partition coefficient (Wildman–Crippen LogP) is 3.09. The number of nitrogens with zero attached hydrogens (tertiary/aromatic N) is 3. The number of fused-ring (bicyclic) bond motifs is 1. The van der Waals surface area contributed by atoms with E-state index in [4.69, 9.17) is 4.74 Å². The second-order valence-corrected chi connectivity index (χ2v) is 7.24. The molecule has 0 atom stereocenters. The van der Waals surface area contributed by atoms with Gasteiger partial charge in [0.05, 0.1) is 33.8 Å². The van der Waals surface area contributed by atoms with Crippen LogP contribution in [0.1, 0.15) is 29.6 Å². The maximum Gasteiger partial charge on any atom is 0.340 e. The molecule has 1 aliphatic rings. The van der Waals surface area contributed by atoms with Crippen molar-refractivity contribution in [2.75, 3.05) is 24.6 Å². The largest absolute Gasteiger partial charge is 0.462 e. The lowest BCUT2D eigenvalue weighted by Gasteiger charge is -2.20. The molecule has 1 aromatic heterocycles. The molecule has 1 N–H and O–H groups in total. The number of esters is 1. The third kappa shape index (κ3) is 3.91. The number of aromatic nitrogens is 2. The molecule has 3 aromatic rings. The normalized spacial score (nSPS) is 13.7. The zero-order valence-corrected chi connectivity index (χ0v) is 16.4. The van der Waals surface area contributed by atoms with Gasteiger partial charge >= 0.3 is 11.7 Å². The maximum atomic E-state index is 12.7. The Kier molecular flexibility index (Phi) is 5.51. The van der Waals surface area contributed by atoms with Crippen molar-refractivity contribution in [3.63, 3.8) is 0 Å². The molecular weight excluding hydrogens is 388 g/mol. The van der Waals surface area contributed by atoms with E-state index >= 15 is 0 Å². The molecular formula is C21H22N4O5. The van der Waals surface area contributed by atoms with E-state index in [2.05, 4.69) is 4.98 Å².